The summed E-state index contributed by atoms with van der Waals surface area (Å²) in [5.74, 6) is 1.13. The Kier molecular flexibility index (Phi) is 4.46. The zero-order chi connectivity index (χ0) is 13.3. The van der Waals surface area contributed by atoms with E-state index in [-0.39, 0.29) is 17.2 Å². The minimum Gasteiger partial charge on any atom is -0.325 e. The number of hydrogen-bond acceptors (Lipinski definition) is 2. The van der Waals surface area contributed by atoms with E-state index in [2.05, 4.69) is 0 Å². The van der Waals surface area contributed by atoms with Crippen molar-refractivity contribution in [2.75, 3.05) is 12.3 Å². The van der Waals surface area contributed by atoms with Gasteiger partial charge in [0.25, 0.3) is 0 Å². The van der Waals surface area contributed by atoms with Crippen LogP contribution in [0.25, 0.3) is 0 Å². The number of hydrogen-bond donors (Lipinski definition) is 0. The van der Waals surface area contributed by atoms with Crippen LogP contribution >= 0.6 is 35.0 Å². The Morgan fingerprint density at radius 2 is 2.17 bits per heavy atom. The molecular weight excluding hydrogens is 289 g/mol. The second-order valence-corrected chi connectivity index (χ2v) is 6.61. The highest BCUT2D eigenvalue weighted by atomic mass is 35.5. The molecule has 2 nitrogen and oxygen atoms in total. The van der Waals surface area contributed by atoms with Crippen LogP contribution in [0.3, 0.4) is 0 Å². The summed E-state index contributed by atoms with van der Waals surface area (Å²) in [6, 6.07) is 5.46. The molecule has 1 aliphatic rings. The van der Waals surface area contributed by atoms with E-state index in [1.807, 2.05) is 30.9 Å². The summed E-state index contributed by atoms with van der Waals surface area (Å²) >= 11 is 13.9. The van der Waals surface area contributed by atoms with Crippen LogP contribution in [0.2, 0.25) is 10.0 Å². The van der Waals surface area contributed by atoms with Crippen LogP contribution in [-0.2, 0) is 4.79 Å². The average Bonchev–Trinajstić information content (AvgIpc) is 2.76. The second-order valence-electron chi connectivity index (χ2n) is 4.58. The van der Waals surface area contributed by atoms with Crippen LogP contribution < -0.4 is 0 Å². The maximum absolute atomic E-state index is 12.2. The van der Waals surface area contributed by atoms with E-state index in [1.54, 1.807) is 17.8 Å². The molecule has 0 N–H and O–H groups in total. The van der Waals surface area contributed by atoms with Crippen LogP contribution in [0.15, 0.2) is 18.2 Å². The zero-order valence-corrected chi connectivity index (χ0v) is 12.6. The number of carbonyl (C=O) groups excluding carboxylic acids is 1. The first-order chi connectivity index (χ1) is 8.50. The van der Waals surface area contributed by atoms with Gasteiger partial charge < -0.3 is 4.90 Å². The first kappa shape index (κ1) is 14.0. The van der Waals surface area contributed by atoms with Crippen molar-refractivity contribution in [3.05, 3.63) is 33.8 Å². The number of carbonyl (C=O) groups is 1. The maximum Gasteiger partial charge on any atom is 0.226 e. The van der Waals surface area contributed by atoms with Crippen LogP contribution in [0.5, 0.6) is 0 Å². The van der Waals surface area contributed by atoms with Crippen molar-refractivity contribution < 1.29 is 4.79 Å². The van der Waals surface area contributed by atoms with Crippen molar-refractivity contribution >= 4 is 40.9 Å². The Bertz CT molecular complexity index is 464. The summed E-state index contributed by atoms with van der Waals surface area (Å²) < 4.78 is 0. The van der Waals surface area contributed by atoms with Crippen LogP contribution in [0.1, 0.15) is 24.8 Å². The number of benzene rings is 1. The molecule has 18 heavy (non-hydrogen) atoms. The molecule has 1 heterocycles. The van der Waals surface area contributed by atoms with Gasteiger partial charge in [0.1, 0.15) is 5.37 Å². The molecule has 1 amide bonds. The molecule has 1 aromatic rings. The summed E-state index contributed by atoms with van der Waals surface area (Å²) in [4.78, 5) is 14.1. The molecular formula is C13H15Cl2NOS. The van der Waals surface area contributed by atoms with Crippen molar-refractivity contribution in [1.82, 2.24) is 4.90 Å². The molecule has 0 aromatic heterocycles. The molecule has 0 bridgehead atoms. The summed E-state index contributed by atoms with van der Waals surface area (Å²) in [6.07, 6.45) is 0. The van der Waals surface area contributed by atoms with Gasteiger partial charge in [0.15, 0.2) is 0 Å². The molecule has 1 fully saturated rings. The highest BCUT2D eigenvalue weighted by Gasteiger charge is 2.32. The number of rotatable bonds is 2. The Labute approximate surface area is 122 Å². The number of amides is 1. The lowest BCUT2D eigenvalue weighted by atomic mass is 10.1. The predicted molar refractivity (Wildman–Crippen MR) is 78.2 cm³/mol. The van der Waals surface area contributed by atoms with E-state index in [9.17, 15) is 4.79 Å². The Hall–Kier alpha value is -0.380. The van der Waals surface area contributed by atoms with Crippen molar-refractivity contribution in [3.8, 4) is 0 Å². The lowest BCUT2D eigenvalue weighted by Gasteiger charge is -2.26. The van der Waals surface area contributed by atoms with Crippen molar-refractivity contribution in [2.24, 2.45) is 5.92 Å². The van der Waals surface area contributed by atoms with Gasteiger partial charge >= 0.3 is 0 Å². The van der Waals surface area contributed by atoms with Gasteiger partial charge in [-0.15, -0.1) is 11.8 Å². The molecule has 0 aliphatic carbocycles. The van der Waals surface area contributed by atoms with Crippen LogP contribution in [-0.4, -0.2) is 23.1 Å². The third-order valence-electron chi connectivity index (χ3n) is 2.90. The first-order valence-corrected chi connectivity index (χ1v) is 7.68. The van der Waals surface area contributed by atoms with Gasteiger partial charge in [0.2, 0.25) is 5.91 Å². The smallest absolute Gasteiger partial charge is 0.226 e. The molecule has 0 spiro atoms. The van der Waals surface area contributed by atoms with Gasteiger partial charge in [-0.1, -0.05) is 43.1 Å². The lowest BCUT2D eigenvalue weighted by Crippen LogP contribution is -2.33. The number of thioether (sulfide) groups is 1. The zero-order valence-electron chi connectivity index (χ0n) is 10.3. The topological polar surface area (TPSA) is 20.3 Å². The van der Waals surface area contributed by atoms with Gasteiger partial charge in [-0.05, 0) is 12.1 Å². The van der Waals surface area contributed by atoms with E-state index >= 15 is 0 Å². The quantitative estimate of drug-likeness (QED) is 0.815. The molecule has 0 unspecified atom stereocenters. The third-order valence-corrected chi connectivity index (χ3v) is 4.70. The average molecular weight is 304 g/mol. The SMILES string of the molecule is CC(C)C(=O)N1CCS[C@@H]1c1ccc(Cl)cc1Cl. The van der Waals surface area contributed by atoms with Gasteiger partial charge in [-0.3, -0.25) is 4.79 Å². The first-order valence-electron chi connectivity index (χ1n) is 5.87. The third kappa shape index (κ3) is 2.79. The Balaban J connectivity index is 2.29. The molecule has 2 rings (SSSR count). The molecule has 5 heteroatoms. The van der Waals surface area contributed by atoms with Crippen molar-refractivity contribution in [3.63, 3.8) is 0 Å². The van der Waals surface area contributed by atoms with Crippen molar-refractivity contribution in [1.29, 1.82) is 0 Å². The largest absolute Gasteiger partial charge is 0.325 e. The second kappa shape index (κ2) is 5.72. The summed E-state index contributed by atoms with van der Waals surface area (Å²) in [6.45, 7) is 4.63. The highest BCUT2D eigenvalue weighted by Crippen LogP contribution is 2.42. The molecule has 1 saturated heterocycles. The lowest BCUT2D eigenvalue weighted by molar-refractivity contribution is -0.134. The normalized spacial score (nSPS) is 19.6. The highest BCUT2D eigenvalue weighted by molar-refractivity contribution is 7.99. The molecule has 0 radical (unpaired) electrons. The van der Waals surface area contributed by atoms with Gasteiger partial charge in [0.05, 0.1) is 0 Å². The van der Waals surface area contributed by atoms with E-state index in [4.69, 9.17) is 23.2 Å². The van der Waals surface area contributed by atoms with Gasteiger partial charge in [-0.25, -0.2) is 0 Å². The fourth-order valence-electron chi connectivity index (χ4n) is 1.99. The molecule has 1 aromatic carbocycles. The van der Waals surface area contributed by atoms with E-state index in [0.29, 0.717) is 10.0 Å². The molecule has 1 aliphatic heterocycles. The Morgan fingerprint density at radius 3 is 2.78 bits per heavy atom. The maximum atomic E-state index is 12.2. The monoisotopic (exact) mass is 303 g/mol. The van der Waals surface area contributed by atoms with Crippen LogP contribution in [0.4, 0.5) is 0 Å². The minimum absolute atomic E-state index is 0.0114. The fourth-order valence-corrected chi connectivity index (χ4v) is 3.86. The van der Waals surface area contributed by atoms with Crippen LogP contribution in [0, 0.1) is 5.92 Å². The molecule has 0 saturated carbocycles. The fraction of sp³-hybridized carbons (Fsp3) is 0.462. The summed E-state index contributed by atoms with van der Waals surface area (Å²) in [5.41, 5.74) is 0.970. The standard InChI is InChI=1S/C13H15Cl2NOS/c1-8(2)12(17)16-5-6-18-13(16)10-4-3-9(14)7-11(10)15/h3-4,7-8,13H,5-6H2,1-2H3/t13-/m1/s1. The number of nitrogens with zero attached hydrogens (tertiary/aromatic N) is 1. The molecule has 1 atom stereocenters. The van der Waals surface area contributed by atoms with Gasteiger partial charge in [-0.2, -0.15) is 0 Å². The van der Waals surface area contributed by atoms with E-state index in [1.165, 1.54) is 0 Å². The summed E-state index contributed by atoms with van der Waals surface area (Å²) in [7, 11) is 0. The van der Waals surface area contributed by atoms with Gasteiger partial charge in [0, 0.05) is 33.8 Å². The summed E-state index contributed by atoms with van der Waals surface area (Å²) in [5, 5.41) is 1.27. The minimum atomic E-state index is 0.0114. The molecule has 98 valence electrons. The number of halogens is 2. The Morgan fingerprint density at radius 1 is 1.44 bits per heavy atom. The van der Waals surface area contributed by atoms with E-state index in [0.717, 1.165) is 17.9 Å². The van der Waals surface area contributed by atoms with Crippen molar-refractivity contribution in [2.45, 2.75) is 19.2 Å². The predicted octanol–water partition coefficient (Wildman–Crippen LogP) is 4.22. The van der Waals surface area contributed by atoms with E-state index < -0.39 is 0 Å².